The molecule has 0 saturated carbocycles. The molecule has 0 aromatic heterocycles. The molecule has 1 heterocycles. The molecule has 9 heteroatoms. The van der Waals surface area contributed by atoms with Crippen molar-refractivity contribution in [2.45, 2.75) is 6.54 Å². The fourth-order valence-corrected chi connectivity index (χ4v) is 3.55. The van der Waals surface area contributed by atoms with E-state index in [9.17, 15) is 14.9 Å². The number of nitrogens with one attached hydrogen (secondary N) is 1. The van der Waals surface area contributed by atoms with E-state index in [4.69, 9.17) is 23.2 Å². The summed E-state index contributed by atoms with van der Waals surface area (Å²) in [7, 11) is 0. The van der Waals surface area contributed by atoms with Gasteiger partial charge in [0.1, 0.15) is 0 Å². The van der Waals surface area contributed by atoms with Gasteiger partial charge < -0.3 is 5.32 Å². The molecule has 1 amide bonds. The first kappa shape index (κ1) is 20.5. The normalized spacial score (nSPS) is 15.4. The van der Waals surface area contributed by atoms with Crippen LogP contribution < -0.4 is 5.32 Å². The Morgan fingerprint density at radius 3 is 2.43 bits per heavy atom. The van der Waals surface area contributed by atoms with E-state index < -0.39 is 4.92 Å². The molecule has 2 aromatic rings. The van der Waals surface area contributed by atoms with Gasteiger partial charge in [-0.15, -0.1) is 0 Å². The first-order chi connectivity index (χ1) is 13.4. The third-order valence-corrected chi connectivity index (χ3v) is 5.11. The number of anilines is 1. The number of benzene rings is 2. The Morgan fingerprint density at radius 2 is 1.79 bits per heavy atom. The lowest BCUT2D eigenvalue weighted by atomic mass is 10.2. The van der Waals surface area contributed by atoms with Crippen LogP contribution in [0.1, 0.15) is 5.56 Å². The zero-order chi connectivity index (χ0) is 20.1. The number of amides is 1. The van der Waals surface area contributed by atoms with Gasteiger partial charge in [0.15, 0.2) is 0 Å². The fourth-order valence-electron chi connectivity index (χ4n) is 3.11. The Balaban J connectivity index is 1.46. The van der Waals surface area contributed by atoms with Crippen LogP contribution in [-0.2, 0) is 11.3 Å². The molecule has 1 fully saturated rings. The highest BCUT2D eigenvalue weighted by Gasteiger charge is 2.20. The summed E-state index contributed by atoms with van der Waals surface area (Å²) >= 11 is 12.0. The Bertz CT molecular complexity index is 870. The van der Waals surface area contributed by atoms with E-state index >= 15 is 0 Å². The maximum absolute atomic E-state index is 12.3. The quantitative estimate of drug-likeness (QED) is 0.567. The number of piperazine rings is 1. The van der Waals surface area contributed by atoms with E-state index in [2.05, 4.69) is 21.2 Å². The molecule has 1 aliphatic heterocycles. The lowest BCUT2D eigenvalue weighted by molar-refractivity contribution is -0.384. The van der Waals surface area contributed by atoms with E-state index in [1.54, 1.807) is 0 Å². The van der Waals surface area contributed by atoms with E-state index in [-0.39, 0.29) is 23.2 Å². The molecule has 2 aromatic carbocycles. The van der Waals surface area contributed by atoms with Crippen molar-refractivity contribution in [2.75, 3.05) is 38.0 Å². The van der Waals surface area contributed by atoms with Crippen LogP contribution in [0.3, 0.4) is 0 Å². The van der Waals surface area contributed by atoms with Crippen LogP contribution in [0.5, 0.6) is 0 Å². The minimum Gasteiger partial charge on any atom is -0.324 e. The van der Waals surface area contributed by atoms with Crippen molar-refractivity contribution in [3.63, 3.8) is 0 Å². The molecule has 28 heavy (non-hydrogen) atoms. The molecule has 1 aliphatic rings. The summed E-state index contributed by atoms with van der Waals surface area (Å²) in [5.41, 5.74) is 1.43. The monoisotopic (exact) mass is 422 g/mol. The molecular formula is C19H20Cl2N4O3. The van der Waals surface area contributed by atoms with Gasteiger partial charge in [-0.1, -0.05) is 35.3 Å². The van der Waals surface area contributed by atoms with Crippen molar-refractivity contribution in [3.05, 3.63) is 68.2 Å². The molecule has 1 saturated heterocycles. The molecule has 7 nitrogen and oxygen atoms in total. The number of rotatable bonds is 6. The molecule has 0 atom stereocenters. The van der Waals surface area contributed by atoms with Crippen LogP contribution >= 0.6 is 23.2 Å². The lowest BCUT2D eigenvalue weighted by Gasteiger charge is -2.34. The van der Waals surface area contributed by atoms with Gasteiger partial charge in [-0.25, -0.2) is 0 Å². The SMILES string of the molecule is O=C(CN1CCN(Cc2cccc(Cl)c2)CC1)Nc1ccc([N+](=O)[O-])cc1Cl. The Labute approximate surface area is 173 Å². The van der Waals surface area contributed by atoms with Crippen LogP contribution in [0.15, 0.2) is 42.5 Å². The summed E-state index contributed by atoms with van der Waals surface area (Å²) in [6.07, 6.45) is 0. The Hall–Kier alpha value is -2.19. The third-order valence-electron chi connectivity index (χ3n) is 4.56. The number of carbonyl (C=O) groups excluding carboxylic acids is 1. The summed E-state index contributed by atoms with van der Waals surface area (Å²) in [6.45, 7) is 4.36. The number of hydrogen-bond donors (Lipinski definition) is 1. The maximum Gasteiger partial charge on any atom is 0.271 e. The largest absolute Gasteiger partial charge is 0.324 e. The van der Waals surface area contributed by atoms with Gasteiger partial charge in [-0.2, -0.15) is 0 Å². The standard InChI is InChI=1S/C19H20Cl2N4O3/c20-15-3-1-2-14(10-15)12-23-6-8-24(9-7-23)13-19(26)22-18-5-4-16(25(27)28)11-17(18)21/h1-5,10-11H,6-9,12-13H2,(H,22,26). The van der Waals surface area contributed by atoms with Crippen LogP contribution in [-0.4, -0.2) is 53.4 Å². The number of nitro benzene ring substituents is 1. The van der Waals surface area contributed by atoms with Crippen molar-refractivity contribution >= 4 is 40.5 Å². The number of halogens is 2. The Kier molecular flexibility index (Phi) is 6.85. The summed E-state index contributed by atoms with van der Waals surface area (Å²) in [6, 6.07) is 11.8. The minimum absolute atomic E-state index is 0.112. The molecule has 0 aliphatic carbocycles. The molecular weight excluding hydrogens is 403 g/mol. The van der Waals surface area contributed by atoms with Gasteiger partial charge in [-0.3, -0.25) is 24.7 Å². The molecule has 0 spiro atoms. The van der Waals surface area contributed by atoms with Crippen molar-refractivity contribution in [3.8, 4) is 0 Å². The highest BCUT2D eigenvalue weighted by Crippen LogP contribution is 2.26. The van der Waals surface area contributed by atoms with Crippen molar-refractivity contribution < 1.29 is 9.72 Å². The summed E-state index contributed by atoms with van der Waals surface area (Å²) in [5.74, 6) is -0.195. The second-order valence-corrected chi connectivity index (χ2v) is 7.50. The fraction of sp³-hybridized carbons (Fsp3) is 0.316. The molecule has 0 unspecified atom stereocenters. The number of non-ortho nitro benzene ring substituents is 1. The second kappa shape index (κ2) is 9.34. The van der Waals surface area contributed by atoms with Crippen LogP contribution in [0.25, 0.3) is 0 Å². The number of carbonyl (C=O) groups is 1. The van der Waals surface area contributed by atoms with Gasteiger partial charge in [0.25, 0.3) is 5.69 Å². The number of nitrogens with zero attached hydrogens (tertiary/aromatic N) is 3. The zero-order valence-electron chi connectivity index (χ0n) is 15.1. The smallest absolute Gasteiger partial charge is 0.271 e. The van der Waals surface area contributed by atoms with Gasteiger partial charge in [0.05, 0.1) is 22.2 Å². The van der Waals surface area contributed by atoms with Crippen molar-refractivity contribution in [2.24, 2.45) is 0 Å². The van der Waals surface area contributed by atoms with Crippen LogP contribution in [0.2, 0.25) is 10.0 Å². The maximum atomic E-state index is 12.3. The zero-order valence-corrected chi connectivity index (χ0v) is 16.6. The summed E-state index contributed by atoms with van der Waals surface area (Å²) < 4.78 is 0. The Morgan fingerprint density at radius 1 is 1.07 bits per heavy atom. The van der Waals surface area contributed by atoms with Gasteiger partial charge >= 0.3 is 0 Å². The summed E-state index contributed by atoms with van der Waals surface area (Å²) in [5, 5.41) is 14.3. The molecule has 148 valence electrons. The first-order valence-electron chi connectivity index (χ1n) is 8.83. The van der Waals surface area contributed by atoms with Gasteiger partial charge in [-0.05, 0) is 23.8 Å². The summed E-state index contributed by atoms with van der Waals surface area (Å²) in [4.78, 5) is 26.9. The van der Waals surface area contributed by atoms with E-state index in [0.29, 0.717) is 5.69 Å². The lowest BCUT2D eigenvalue weighted by Crippen LogP contribution is -2.48. The average Bonchev–Trinajstić information content (AvgIpc) is 2.65. The van der Waals surface area contributed by atoms with Crippen LogP contribution in [0, 0.1) is 10.1 Å². The number of hydrogen-bond acceptors (Lipinski definition) is 5. The highest BCUT2D eigenvalue weighted by molar-refractivity contribution is 6.34. The number of nitro groups is 1. The molecule has 0 radical (unpaired) electrons. The predicted molar refractivity (Wildman–Crippen MR) is 110 cm³/mol. The van der Waals surface area contributed by atoms with E-state index in [1.807, 2.05) is 18.2 Å². The minimum atomic E-state index is -0.527. The third kappa shape index (κ3) is 5.65. The second-order valence-electron chi connectivity index (χ2n) is 6.65. The van der Waals surface area contributed by atoms with E-state index in [1.165, 1.54) is 23.8 Å². The molecule has 0 bridgehead atoms. The van der Waals surface area contributed by atoms with Gasteiger partial charge in [0.2, 0.25) is 5.91 Å². The first-order valence-corrected chi connectivity index (χ1v) is 9.59. The van der Waals surface area contributed by atoms with Gasteiger partial charge in [0, 0.05) is 49.9 Å². The highest BCUT2D eigenvalue weighted by atomic mass is 35.5. The van der Waals surface area contributed by atoms with E-state index in [0.717, 1.165) is 37.7 Å². The predicted octanol–water partition coefficient (Wildman–Crippen LogP) is 3.66. The molecule has 1 N–H and O–H groups in total. The molecule has 3 rings (SSSR count). The topological polar surface area (TPSA) is 78.7 Å². The van der Waals surface area contributed by atoms with Crippen LogP contribution in [0.4, 0.5) is 11.4 Å². The van der Waals surface area contributed by atoms with Crippen molar-refractivity contribution in [1.29, 1.82) is 0 Å². The average molecular weight is 423 g/mol. The van der Waals surface area contributed by atoms with Crippen molar-refractivity contribution in [1.82, 2.24) is 9.80 Å².